The zero-order valence-corrected chi connectivity index (χ0v) is 32.7. The average molecular weight is 769 g/mol. The number of aliphatic carboxylic acids is 1. The lowest BCUT2D eigenvalue weighted by atomic mass is 9.78. The van der Waals surface area contributed by atoms with Crippen molar-refractivity contribution in [2.75, 3.05) is 13.2 Å². The van der Waals surface area contributed by atoms with Gasteiger partial charge in [-0.05, 0) is 140 Å². The summed E-state index contributed by atoms with van der Waals surface area (Å²) < 4.78 is 32.4. The van der Waals surface area contributed by atoms with Gasteiger partial charge in [0.05, 0.1) is 60.8 Å². The quantitative estimate of drug-likeness (QED) is 0.0969. The van der Waals surface area contributed by atoms with Gasteiger partial charge in [-0.25, -0.2) is 9.10 Å². The Hall–Kier alpha value is -1.19. The van der Waals surface area contributed by atoms with E-state index in [1.165, 1.54) is 12.8 Å². The first-order valence-corrected chi connectivity index (χ1v) is 22.5. The van der Waals surface area contributed by atoms with Gasteiger partial charge in [-0.2, -0.15) is 5.48 Å². The lowest BCUT2D eigenvalue weighted by molar-refractivity contribution is -0.256. The van der Waals surface area contributed by atoms with Crippen LogP contribution < -0.4 is 10.8 Å². The normalized spacial score (nSPS) is 39.2. The number of hydrogen-bond acceptors (Lipinski definition) is 10. The molecule has 0 aromatic heterocycles. The van der Waals surface area contributed by atoms with Crippen LogP contribution in [0.1, 0.15) is 154 Å². The number of carbonyl (C=O) groups excluding carboxylic acids is 1. The number of rotatable bonds is 16. The predicted octanol–water partition coefficient (Wildman–Crippen LogP) is 6.77. The molecular formula is C40H68N2O10S. The highest BCUT2D eigenvalue weighted by Crippen LogP contribution is 2.35. The van der Waals surface area contributed by atoms with Crippen LogP contribution in [0.4, 0.5) is 0 Å². The molecule has 1 amide bonds. The molecule has 0 radical (unpaired) electrons. The van der Waals surface area contributed by atoms with Gasteiger partial charge in [-0.15, -0.1) is 0 Å². The maximum absolute atomic E-state index is 13.2. The number of carboxylic acids is 1. The molecule has 5 unspecified atom stereocenters. The molecular weight excluding hydrogens is 701 g/mol. The van der Waals surface area contributed by atoms with Crippen LogP contribution in [0.25, 0.3) is 0 Å². The molecule has 6 saturated carbocycles. The molecule has 0 aromatic carbocycles. The maximum Gasteiger partial charge on any atom is 0.307 e. The van der Waals surface area contributed by atoms with Crippen molar-refractivity contribution in [1.29, 1.82) is 0 Å². The van der Waals surface area contributed by atoms with E-state index in [1.54, 1.807) is 0 Å². The second kappa shape index (κ2) is 21.4. The Labute approximate surface area is 319 Å². The van der Waals surface area contributed by atoms with Gasteiger partial charge in [0.15, 0.2) is 11.1 Å². The average Bonchev–Trinajstić information content (AvgIpc) is 3.18. The molecule has 0 saturated heterocycles. The number of ether oxygens (including phenoxy) is 2. The molecule has 0 aliphatic heterocycles. The molecule has 304 valence electrons. The van der Waals surface area contributed by atoms with Crippen LogP contribution in [-0.2, 0) is 44.1 Å². The van der Waals surface area contributed by atoms with E-state index in [0.717, 1.165) is 128 Å². The Morgan fingerprint density at radius 2 is 1.04 bits per heavy atom. The van der Waals surface area contributed by atoms with E-state index in [9.17, 15) is 18.9 Å². The molecule has 6 aliphatic carbocycles. The Kier molecular flexibility index (Phi) is 16.7. The summed E-state index contributed by atoms with van der Waals surface area (Å²) >= 11 is -1.28. The van der Waals surface area contributed by atoms with Crippen molar-refractivity contribution in [1.82, 2.24) is 10.8 Å². The molecule has 0 spiro atoms. The molecule has 13 heteroatoms. The maximum atomic E-state index is 13.2. The molecule has 6 aliphatic rings. The van der Waals surface area contributed by atoms with Crippen LogP contribution in [0.2, 0.25) is 0 Å². The molecule has 53 heavy (non-hydrogen) atoms. The SMILES string of the molecule is O=C(O)C1CCCCC1C(=O)NC1CCC(OC2CCC(S(=O)OC3CCC(OC4CCC(NOCC5CCCCC5COO)CC4)CC3)CC2)CC1. The summed E-state index contributed by atoms with van der Waals surface area (Å²) in [5, 5.41) is 21.7. The van der Waals surface area contributed by atoms with Gasteiger partial charge in [0.2, 0.25) is 5.91 Å². The Morgan fingerprint density at radius 1 is 0.566 bits per heavy atom. The van der Waals surface area contributed by atoms with E-state index in [-0.39, 0.29) is 41.6 Å². The Bertz CT molecular complexity index is 1130. The first-order valence-electron chi connectivity index (χ1n) is 21.4. The minimum Gasteiger partial charge on any atom is -0.481 e. The van der Waals surface area contributed by atoms with Gasteiger partial charge >= 0.3 is 5.97 Å². The predicted molar refractivity (Wildman–Crippen MR) is 200 cm³/mol. The number of hydrogen-bond donors (Lipinski definition) is 4. The van der Waals surface area contributed by atoms with Crippen LogP contribution in [-0.4, -0.2) is 87.5 Å². The Morgan fingerprint density at radius 3 is 1.60 bits per heavy atom. The zero-order chi connectivity index (χ0) is 37.0. The third-order valence-corrected chi connectivity index (χ3v) is 15.0. The summed E-state index contributed by atoms with van der Waals surface area (Å²) in [6, 6.07) is 0.454. The smallest absolute Gasteiger partial charge is 0.307 e. The first-order chi connectivity index (χ1) is 25.8. The summed E-state index contributed by atoms with van der Waals surface area (Å²) in [7, 11) is 0. The fraction of sp³-hybridized carbons (Fsp3) is 0.950. The van der Waals surface area contributed by atoms with Crippen molar-refractivity contribution in [3.63, 3.8) is 0 Å². The van der Waals surface area contributed by atoms with Gasteiger partial charge in [-0.3, -0.25) is 19.0 Å². The molecule has 0 bridgehead atoms. The van der Waals surface area contributed by atoms with Gasteiger partial charge < -0.3 is 24.7 Å². The summed E-state index contributed by atoms with van der Waals surface area (Å²) in [6.45, 7) is 1.07. The molecule has 0 aromatic rings. The number of hydroxylamine groups is 1. The van der Waals surface area contributed by atoms with Crippen LogP contribution in [0.3, 0.4) is 0 Å². The molecule has 0 heterocycles. The summed E-state index contributed by atoms with van der Waals surface area (Å²) in [4.78, 5) is 34.9. The fourth-order valence-electron chi connectivity index (χ4n) is 10.2. The summed E-state index contributed by atoms with van der Waals surface area (Å²) in [5.74, 6) is -1.08. The third-order valence-electron chi connectivity index (χ3n) is 13.5. The van der Waals surface area contributed by atoms with E-state index in [0.29, 0.717) is 50.0 Å². The minimum atomic E-state index is -1.28. The van der Waals surface area contributed by atoms with Gasteiger partial charge in [0.25, 0.3) is 0 Å². The van der Waals surface area contributed by atoms with Crippen molar-refractivity contribution in [2.45, 2.75) is 202 Å². The molecule has 5 atom stereocenters. The molecule has 6 fully saturated rings. The van der Waals surface area contributed by atoms with E-state index in [4.69, 9.17) is 23.8 Å². The number of carbonyl (C=O) groups is 2. The fourth-order valence-corrected chi connectivity index (χ4v) is 11.5. The monoisotopic (exact) mass is 768 g/mol. The van der Waals surface area contributed by atoms with E-state index < -0.39 is 28.9 Å². The number of carboxylic acid groups (broad SMARTS) is 1. The topological polar surface area (TPSA) is 162 Å². The first kappa shape index (κ1) is 41.4. The van der Waals surface area contributed by atoms with Crippen LogP contribution in [0.15, 0.2) is 0 Å². The van der Waals surface area contributed by atoms with Crippen LogP contribution in [0.5, 0.6) is 0 Å². The van der Waals surface area contributed by atoms with Crippen molar-refractivity contribution >= 4 is 23.0 Å². The molecule has 12 nitrogen and oxygen atoms in total. The van der Waals surface area contributed by atoms with Crippen LogP contribution >= 0.6 is 0 Å². The van der Waals surface area contributed by atoms with Crippen molar-refractivity contribution in [3.05, 3.63) is 0 Å². The van der Waals surface area contributed by atoms with E-state index in [2.05, 4.69) is 15.7 Å². The highest BCUT2D eigenvalue weighted by molar-refractivity contribution is 7.80. The standard InChI is InChI=1S/C40H68N2O10S/c43-39(37-7-3-4-8-38(37)40(44)45)41-29-9-13-31(14-10-29)51-34-21-23-36(24-22-34)53(47)52-35-19-17-33(18-20-35)50-32-15-11-30(12-16-32)42-48-25-27-5-1-2-6-28(27)26-49-46/h27-38,42,46H,1-26H2,(H,41,43)(H,44,45). The summed E-state index contributed by atoms with van der Waals surface area (Å²) in [5.41, 5.74) is 3.31. The highest BCUT2D eigenvalue weighted by Gasteiger charge is 2.38. The largest absolute Gasteiger partial charge is 0.481 e. The van der Waals surface area contributed by atoms with Gasteiger partial charge in [0, 0.05) is 12.1 Å². The third kappa shape index (κ3) is 12.7. The highest BCUT2D eigenvalue weighted by atomic mass is 32.2. The van der Waals surface area contributed by atoms with Gasteiger partial charge in [-0.1, -0.05) is 25.7 Å². The Balaban J connectivity index is 0.788. The number of nitrogens with one attached hydrogen (secondary N) is 2. The lowest BCUT2D eigenvalue weighted by Gasteiger charge is -2.36. The van der Waals surface area contributed by atoms with E-state index in [1.807, 2.05) is 0 Å². The van der Waals surface area contributed by atoms with Gasteiger partial charge in [0.1, 0.15) is 0 Å². The second-order valence-corrected chi connectivity index (χ2v) is 18.6. The van der Waals surface area contributed by atoms with Crippen molar-refractivity contribution in [2.24, 2.45) is 23.7 Å². The minimum absolute atomic E-state index is 0.0400. The van der Waals surface area contributed by atoms with Crippen molar-refractivity contribution in [3.8, 4) is 0 Å². The number of amides is 1. The molecule has 6 rings (SSSR count). The van der Waals surface area contributed by atoms with Crippen molar-refractivity contribution < 1.29 is 47.5 Å². The summed E-state index contributed by atoms with van der Waals surface area (Å²) in [6.07, 6.45) is 23.6. The van der Waals surface area contributed by atoms with E-state index >= 15 is 0 Å². The second-order valence-electron chi connectivity index (χ2n) is 17.2. The zero-order valence-electron chi connectivity index (χ0n) is 31.9. The molecule has 4 N–H and O–H groups in total. The lowest BCUT2D eigenvalue weighted by Crippen LogP contribution is -2.46. The van der Waals surface area contributed by atoms with Crippen LogP contribution in [0, 0.1) is 23.7 Å².